The topological polar surface area (TPSA) is 109 Å². The van der Waals surface area contributed by atoms with Crippen molar-refractivity contribution in [1.29, 1.82) is 0 Å². The van der Waals surface area contributed by atoms with Crippen LogP contribution >= 0.6 is 0 Å². The summed E-state index contributed by atoms with van der Waals surface area (Å²) in [5.74, 6) is -0.552. The van der Waals surface area contributed by atoms with Gasteiger partial charge in [-0.2, -0.15) is 4.31 Å². The van der Waals surface area contributed by atoms with Gasteiger partial charge in [0.2, 0.25) is 10.0 Å². The number of hydrogen-bond donors (Lipinski definition) is 0. The van der Waals surface area contributed by atoms with Crippen LogP contribution in [0.1, 0.15) is 17.3 Å². The Morgan fingerprint density at radius 1 is 1.16 bits per heavy atom. The first-order chi connectivity index (χ1) is 15.1. The molecule has 0 bridgehead atoms. The van der Waals surface area contributed by atoms with E-state index in [1.807, 2.05) is 38.1 Å². The monoisotopic (exact) mass is 461 g/mol. The number of sulfonamides is 1. The average molecular weight is 462 g/mol. The smallest absolute Gasteiger partial charge is 0.293 e. The second kappa shape index (κ2) is 9.53. The molecule has 3 rings (SSSR count). The fraction of sp³-hybridized carbons (Fsp3) is 0.381. The van der Waals surface area contributed by atoms with E-state index in [2.05, 4.69) is 10.1 Å². The highest BCUT2D eigenvalue weighted by Gasteiger charge is 2.44. The van der Waals surface area contributed by atoms with Gasteiger partial charge in [0.1, 0.15) is 13.3 Å². The molecule has 1 atom stereocenters. The molecule has 0 saturated carbocycles. The first kappa shape index (κ1) is 23.5. The number of benzene rings is 2. The molecule has 1 heterocycles. The van der Waals surface area contributed by atoms with Gasteiger partial charge in [-0.15, -0.1) is 0 Å². The van der Waals surface area contributed by atoms with Crippen molar-refractivity contribution in [3.63, 3.8) is 0 Å². The van der Waals surface area contributed by atoms with Crippen molar-refractivity contribution >= 4 is 21.6 Å². The third kappa shape index (κ3) is 4.83. The van der Waals surface area contributed by atoms with Crippen LogP contribution < -0.4 is 4.90 Å². The summed E-state index contributed by atoms with van der Waals surface area (Å²) >= 11 is 0. The largest absolute Gasteiger partial charge is 0.597 e. The van der Waals surface area contributed by atoms with Crippen molar-refractivity contribution in [3.8, 4) is 0 Å². The second-order valence-electron chi connectivity index (χ2n) is 7.65. The van der Waals surface area contributed by atoms with Gasteiger partial charge in [0.05, 0.1) is 4.90 Å². The van der Waals surface area contributed by atoms with Gasteiger partial charge >= 0.3 is 0 Å². The number of aryl methyl sites for hydroxylation is 1. The first-order valence-corrected chi connectivity index (χ1v) is 11.4. The average Bonchev–Trinajstić information content (AvgIpc) is 3.20. The maximum absolute atomic E-state index is 13.5. The quantitative estimate of drug-likeness (QED) is 0.355. The molecular weight excluding hydrogens is 434 g/mol. The molecule has 172 valence electrons. The van der Waals surface area contributed by atoms with Crippen molar-refractivity contribution in [2.45, 2.75) is 18.0 Å². The predicted octanol–water partition coefficient (Wildman–Crippen LogP) is 2.12. The van der Waals surface area contributed by atoms with Crippen LogP contribution in [0.25, 0.3) is 0 Å². The Morgan fingerprint density at radius 3 is 2.34 bits per heavy atom. The summed E-state index contributed by atoms with van der Waals surface area (Å²) in [6, 6.07) is 13.9. The SMILES string of the molecule is CO/N=[N+](\[O-])CC(=O)N1CCN(S(=O)(=O)c2ccc(C)cc2)C1c1ccc(N(C)C)cc1. The summed E-state index contributed by atoms with van der Waals surface area (Å²) in [7, 11) is 1.11. The molecule has 1 aliphatic rings. The molecular formula is C21H27N5O5S. The molecule has 1 fully saturated rings. The zero-order valence-corrected chi connectivity index (χ0v) is 19.3. The molecule has 2 aromatic carbocycles. The summed E-state index contributed by atoms with van der Waals surface area (Å²) in [5.41, 5.74) is 2.50. The minimum atomic E-state index is -3.90. The third-order valence-electron chi connectivity index (χ3n) is 5.23. The van der Waals surface area contributed by atoms with Crippen LogP contribution in [0.15, 0.2) is 58.7 Å². The number of hydroxylamine groups is 1. The van der Waals surface area contributed by atoms with Crippen LogP contribution in [0.4, 0.5) is 5.69 Å². The van der Waals surface area contributed by atoms with Crippen LogP contribution in [-0.2, 0) is 19.7 Å². The van der Waals surface area contributed by atoms with Crippen molar-refractivity contribution < 1.29 is 22.9 Å². The molecule has 1 saturated heterocycles. The van der Waals surface area contributed by atoms with Crippen molar-refractivity contribution in [2.24, 2.45) is 5.28 Å². The highest BCUT2D eigenvalue weighted by atomic mass is 32.2. The fourth-order valence-corrected chi connectivity index (χ4v) is 5.15. The summed E-state index contributed by atoms with van der Waals surface area (Å²) < 4.78 is 28.2. The van der Waals surface area contributed by atoms with Gasteiger partial charge in [0, 0.05) is 32.9 Å². The Kier molecular flexibility index (Phi) is 6.99. The molecule has 32 heavy (non-hydrogen) atoms. The summed E-state index contributed by atoms with van der Waals surface area (Å²) in [6.45, 7) is 1.53. The Morgan fingerprint density at radius 2 is 1.78 bits per heavy atom. The van der Waals surface area contributed by atoms with E-state index in [9.17, 15) is 18.4 Å². The van der Waals surface area contributed by atoms with Gasteiger partial charge in [0.25, 0.3) is 12.5 Å². The van der Waals surface area contributed by atoms with E-state index < -0.39 is 28.6 Å². The van der Waals surface area contributed by atoms with Crippen LogP contribution in [-0.4, -0.2) is 69.2 Å². The van der Waals surface area contributed by atoms with E-state index in [1.165, 1.54) is 16.3 Å². The van der Waals surface area contributed by atoms with Gasteiger partial charge in [-0.05, 0) is 41.6 Å². The number of carbonyl (C=O) groups excluding carboxylic acids is 1. The number of carbonyl (C=O) groups is 1. The van der Waals surface area contributed by atoms with Gasteiger partial charge in [-0.3, -0.25) is 4.79 Å². The van der Waals surface area contributed by atoms with E-state index in [0.717, 1.165) is 11.3 Å². The van der Waals surface area contributed by atoms with Crippen molar-refractivity contribution in [3.05, 3.63) is 64.9 Å². The summed E-state index contributed by atoms with van der Waals surface area (Å²) in [6.07, 6.45) is -0.888. The predicted molar refractivity (Wildman–Crippen MR) is 118 cm³/mol. The van der Waals surface area contributed by atoms with E-state index in [-0.39, 0.29) is 22.8 Å². The first-order valence-electron chi connectivity index (χ1n) is 9.99. The standard InChI is InChI=1S/C21H27N5O5S/c1-16-5-11-19(12-6-16)32(29,30)25-14-13-24(20(27)15-26(28)22-31-4)21(25)17-7-9-18(10-8-17)23(2)3/h5-12,21H,13-15H2,1-4H3/b26-22-. The molecule has 0 radical (unpaired) electrons. The molecule has 11 heteroatoms. The van der Waals surface area contributed by atoms with Crippen LogP contribution in [0.5, 0.6) is 0 Å². The lowest BCUT2D eigenvalue weighted by Gasteiger charge is -2.30. The second-order valence-corrected chi connectivity index (χ2v) is 9.54. The van der Waals surface area contributed by atoms with Gasteiger partial charge in [-0.25, -0.2) is 8.42 Å². The minimum Gasteiger partial charge on any atom is -0.597 e. The normalized spacial score (nSPS) is 17.4. The van der Waals surface area contributed by atoms with Gasteiger partial charge in [-0.1, -0.05) is 29.8 Å². The summed E-state index contributed by atoms with van der Waals surface area (Å²) in [5, 5.41) is 14.9. The van der Waals surface area contributed by atoms with Crippen LogP contribution in [0, 0.1) is 12.1 Å². The molecule has 1 amide bonds. The van der Waals surface area contributed by atoms with Crippen molar-refractivity contribution in [2.75, 3.05) is 45.7 Å². The van der Waals surface area contributed by atoms with E-state index in [4.69, 9.17) is 0 Å². The molecule has 0 N–H and O–H groups in total. The molecule has 10 nitrogen and oxygen atoms in total. The molecule has 0 aromatic heterocycles. The lowest BCUT2D eigenvalue weighted by molar-refractivity contribution is -0.547. The zero-order chi connectivity index (χ0) is 23.5. The number of rotatable bonds is 7. The molecule has 1 aliphatic heterocycles. The number of anilines is 1. The molecule has 0 aliphatic carbocycles. The lowest BCUT2D eigenvalue weighted by atomic mass is 10.1. The fourth-order valence-electron chi connectivity index (χ4n) is 3.58. The minimum absolute atomic E-state index is 0.0995. The molecule has 2 aromatic rings. The number of hydrogen-bond acceptors (Lipinski definition) is 7. The third-order valence-corrected chi connectivity index (χ3v) is 7.10. The van der Waals surface area contributed by atoms with E-state index >= 15 is 0 Å². The van der Waals surface area contributed by atoms with Crippen molar-refractivity contribution in [1.82, 2.24) is 9.21 Å². The number of nitrogens with zero attached hydrogens (tertiary/aromatic N) is 5. The Labute approximate surface area is 187 Å². The molecule has 1 unspecified atom stereocenters. The summed E-state index contributed by atoms with van der Waals surface area (Å²) in [4.78, 5) is 20.9. The van der Waals surface area contributed by atoms with Gasteiger partial charge < -0.3 is 19.8 Å². The maximum Gasteiger partial charge on any atom is 0.293 e. The Balaban J connectivity index is 2.01. The highest BCUT2D eigenvalue weighted by molar-refractivity contribution is 7.89. The lowest BCUT2D eigenvalue weighted by Crippen LogP contribution is -2.40. The number of amides is 1. The Hall–Kier alpha value is -3.18. The maximum atomic E-state index is 13.5. The van der Waals surface area contributed by atoms with Gasteiger partial charge in [0.15, 0.2) is 5.28 Å². The molecule has 0 spiro atoms. The van der Waals surface area contributed by atoms with Crippen LogP contribution in [0.3, 0.4) is 0 Å². The van der Waals surface area contributed by atoms with E-state index in [0.29, 0.717) is 5.56 Å². The van der Waals surface area contributed by atoms with Crippen LogP contribution in [0.2, 0.25) is 0 Å². The highest BCUT2D eigenvalue weighted by Crippen LogP contribution is 2.35. The Bertz CT molecular complexity index is 1080. The zero-order valence-electron chi connectivity index (χ0n) is 18.5. The van der Waals surface area contributed by atoms with E-state index in [1.54, 1.807) is 36.4 Å².